The highest BCUT2D eigenvalue weighted by Gasteiger charge is 2.34. The third-order valence-electron chi connectivity index (χ3n) is 5.42. The van der Waals surface area contributed by atoms with Crippen molar-refractivity contribution in [1.29, 1.82) is 5.26 Å². The summed E-state index contributed by atoms with van der Waals surface area (Å²) >= 11 is 7.86. The van der Waals surface area contributed by atoms with E-state index < -0.39 is 17.7 Å². The van der Waals surface area contributed by atoms with Gasteiger partial charge in [0, 0.05) is 25.2 Å². The molecule has 0 bridgehead atoms. The molecular weight excluding hydrogens is 505 g/mol. The third kappa shape index (κ3) is 6.77. The zero-order valence-corrected chi connectivity index (χ0v) is 22.5. The summed E-state index contributed by atoms with van der Waals surface area (Å²) in [6.07, 6.45) is 3.01. The maximum atomic E-state index is 13.9. The van der Waals surface area contributed by atoms with Gasteiger partial charge in [0.05, 0.1) is 36.0 Å². The number of carbonyl (C=O) groups excluding carboxylic acids is 1. The summed E-state index contributed by atoms with van der Waals surface area (Å²) in [5.74, 6) is 0.195. The number of amides is 1. The fraction of sp³-hybridized carbons (Fsp3) is 0.458. The molecule has 1 aromatic carbocycles. The Kier molecular flexibility index (Phi) is 8.98. The number of hydrogen-bond donors (Lipinski definition) is 1. The van der Waals surface area contributed by atoms with Crippen molar-refractivity contribution < 1.29 is 13.9 Å². The number of nitrogens with one attached hydrogen (secondary N) is 1. The lowest BCUT2D eigenvalue weighted by Crippen LogP contribution is -2.56. The van der Waals surface area contributed by atoms with E-state index in [1.165, 1.54) is 24.0 Å². The smallest absolute Gasteiger partial charge is 0.410 e. The second-order valence-electron chi connectivity index (χ2n) is 9.16. The molecule has 2 heterocycles. The van der Waals surface area contributed by atoms with E-state index >= 15 is 0 Å². The number of carbonyl (C=O) groups is 1. The second-order valence-corrected chi connectivity index (χ2v) is 10.3. The topological polar surface area (TPSA) is 107 Å². The van der Waals surface area contributed by atoms with Crippen LogP contribution in [0.25, 0.3) is 0 Å². The van der Waals surface area contributed by atoms with Crippen LogP contribution in [0.2, 0.25) is 5.15 Å². The fourth-order valence-corrected chi connectivity index (χ4v) is 4.26. The Balaban J connectivity index is 1.89. The maximum absolute atomic E-state index is 13.9. The van der Waals surface area contributed by atoms with Crippen LogP contribution in [0, 0.1) is 24.1 Å². The van der Waals surface area contributed by atoms with Gasteiger partial charge in [-0.2, -0.15) is 10.4 Å². The van der Waals surface area contributed by atoms with E-state index in [4.69, 9.17) is 16.3 Å². The molecule has 192 valence electrons. The Morgan fingerprint density at radius 1 is 1.42 bits per heavy atom. The number of thioether (sulfide) groups is 1. The van der Waals surface area contributed by atoms with Gasteiger partial charge in [0.2, 0.25) is 0 Å². The van der Waals surface area contributed by atoms with E-state index in [2.05, 4.69) is 26.6 Å². The van der Waals surface area contributed by atoms with Gasteiger partial charge < -0.3 is 14.5 Å². The van der Waals surface area contributed by atoms with E-state index in [1.54, 1.807) is 44.7 Å². The average molecular weight is 534 g/mol. The molecule has 0 saturated carbocycles. The Bertz CT molecular complexity index is 1180. The first-order valence-electron chi connectivity index (χ1n) is 11.3. The molecular formula is C24H29ClFN7O2S. The molecule has 0 spiro atoms. The summed E-state index contributed by atoms with van der Waals surface area (Å²) in [4.78, 5) is 25.3. The molecule has 1 aliphatic rings. The molecule has 1 saturated heterocycles. The monoisotopic (exact) mass is 533 g/mol. The van der Waals surface area contributed by atoms with E-state index in [0.29, 0.717) is 47.4 Å². The molecule has 1 aliphatic heterocycles. The number of rotatable bonds is 6. The standard InChI is InChI=1S/C24H29ClFN7O2S/c1-15-18(26)7-6-8-19(15)31-28-13-17-20(25)29-22(36-5)30-21(17)32-11-12-33(16(14-32)9-10-27)23(34)35-24(2,3)4/h6-8,13,16,31H,9,11-12,14H2,1-5H3/b28-13+. The van der Waals surface area contributed by atoms with Gasteiger partial charge in [-0.15, -0.1) is 0 Å². The van der Waals surface area contributed by atoms with Crippen molar-refractivity contribution in [1.82, 2.24) is 14.9 Å². The average Bonchev–Trinajstić information content (AvgIpc) is 2.81. The number of nitrogens with zero attached hydrogens (tertiary/aromatic N) is 6. The molecule has 1 aromatic heterocycles. The van der Waals surface area contributed by atoms with Gasteiger partial charge >= 0.3 is 6.09 Å². The maximum Gasteiger partial charge on any atom is 0.410 e. The summed E-state index contributed by atoms with van der Waals surface area (Å²) < 4.78 is 19.4. The number of aromatic nitrogens is 2. The number of anilines is 2. The number of benzene rings is 1. The van der Waals surface area contributed by atoms with Crippen LogP contribution in [0.5, 0.6) is 0 Å². The highest BCUT2D eigenvalue weighted by atomic mass is 35.5. The molecule has 3 rings (SSSR count). The summed E-state index contributed by atoms with van der Waals surface area (Å²) in [6.45, 7) is 8.20. The van der Waals surface area contributed by atoms with Crippen molar-refractivity contribution >= 4 is 47.2 Å². The van der Waals surface area contributed by atoms with Gasteiger partial charge in [0.1, 0.15) is 22.4 Å². The number of piperazine rings is 1. The number of hydrogen-bond acceptors (Lipinski definition) is 9. The van der Waals surface area contributed by atoms with Crippen LogP contribution in [-0.4, -0.2) is 64.7 Å². The Morgan fingerprint density at radius 2 is 2.17 bits per heavy atom. The van der Waals surface area contributed by atoms with Crippen LogP contribution in [0.15, 0.2) is 28.5 Å². The van der Waals surface area contributed by atoms with Crippen LogP contribution in [0.4, 0.5) is 20.7 Å². The van der Waals surface area contributed by atoms with Crippen molar-refractivity contribution in [3.05, 3.63) is 40.3 Å². The summed E-state index contributed by atoms with van der Waals surface area (Å²) in [5, 5.41) is 14.3. The van der Waals surface area contributed by atoms with Crippen LogP contribution >= 0.6 is 23.4 Å². The van der Waals surface area contributed by atoms with E-state index in [-0.39, 0.29) is 17.4 Å². The van der Waals surface area contributed by atoms with Gasteiger partial charge in [0.15, 0.2) is 5.16 Å². The summed E-state index contributed by atoms with van der Waals surface area (Å²) in [6, 6.07) is 6.45. The van der Waals surface area contributed by atoms with Gasteiger partial charge in [-0.25, -0.2) is 19.2 Å². The minimum atomic E-state index is -0.643. The number of nitriles is 1. The third-order valence-corrected chi connectivity index (χ3v) is 6.26. The van der Waals surface area contributed by atoms with Crippen molar-refractivity contribution in [2.24, 2.45) is 5.10 Å². The van der Waals surface area contributed by atoms with Crippen LogP contribution in [0.1, 0.15) is 38.3 Å². The fourth-order valence-electron chi connectivity index (χ4n) is 3.64. The molecule has 12 heteroatoms. The molecule has 9 nitrogen and oxygen atoms in total. The normalized spacial score (nSPS) is 16.2. The Hall–Kier alpha value is -3.10. The van der Waals surface area contributed by atoms with Crippen molar-refractivity contribution in [3.8, 4) is 6.07 Å². The van der Waals surface area contributed by atoms with Gasteiger partial charge in [0.25, 0.3) is 0 Å². The predicted molar refractivity (Wildman–Crippen MR) is 140 cm³/mol. The first-order chi connectivity index (χ1) is 17.0. The first-order valence-corrected chi connectivity index (χ1v) is 12.9. The van der Waals surface area contributed by atoms with Crippen molar-refractivity contribution in [2.75, 3.05) is 36.2 Å². The van der Waals surface area contributed by atoms with Crippen molar-refractivity contribution in [2.45, 2.75) is 50.9 Å². The quantitative estimate of drug-likeness (QED) is 0.180. The highest BCUT2D eigenvalue weighted by molar-refractivity contribution is 7.98. The summed E-state index contributed by atoms with van der Waals surface area (Å²) in [5.41, 5.74) is 3.62. The molecule has 0 radical (unpaired) electrons. The zero-order chi connectivity index (χ0) is 26.5. The van der Waals surface area contributed by atoms with Crippen LogP contribution in [0.3, 0.4) is 0 Å². The van der Waals surface area contributed by atoms with E-state index in [9.17, 15) is 14.4 Å². The SMILES string of the molecule is CSc1nc(Cl)c(/C=N/Nc2cccc(F)c2C)c(N2CCN(C(=O)OC(C)(C)C)C(CC#N)C2)n1. The first kappa shape index (κ1) is 27.5. The minimum Gasteiger partial charge on any atom is -0.444 e. The molecule has 1 unspecified atom stereocenters. The minimum absolute atomic E-state index is 0.133. The van der Waals surface area contributed by atoms with Crippen LogP contribution < -0.4 is 10.3 Å². The molecule has 0 aliphatic carbocycles. The second kappa shape index (κ2) is 11.8. The summed E-state index contributed by atoms with van der Waals surface area (Å²) in [7, 11) is 0. The number of ether oxygens (including phenoxy) is 1. The number of hydrazone groups is 1. The lowest BCUT2D eigenvalue weighted by atomic mass is 10.1. The largest absolute Gasteiger partial charge is 0.444 e. The lowest BCUT2D eigenvalue weighted by Gasteiger charge is -2.41. The van der Waals surface area contributed by atoms with Gasteiger partial charge in [-0.1, -0.05) is 29.4 Å². The molecule has 1 amide bonds. The Morgan fingerprint density at radius 3 is 2.83 bits per heavy atom. The van der Waals surface area contributed by atoms with E-state index in [0.717, 1.165) is 0 Å². The zero-order valence-electron chi connectivity index (χ0n) is 20.9. The van der Waals surface area contributed by atoms with Gasteiger partial charge in [-0.3, -0.25) is 5.43 Å². The molecule has 1 N–H and O–H groups in total. The highest BCUT2D eigenvalue weighted by Crippen LogP contribution is 2.29. The predicted octanol–water partition coefficient (Wildman–Crippen LogP) is 5.08. The van der Waals surface area contributed by atoms with Crippen LogP contribution in [-0.2, 0) is 4.74 Å². The number of halogens is 2. The molecule has 1 atom stereocenters. The molecule has 2 aromatic rings. The van der Waals surface area contributed by atoms with Crippen molar-refractivity contribution in [3.63, 3.8) is 0 Å². The van der Waals surface area contributed by atoms with Gasteiger partial charge in [-0.05, 0) is 46.1 Å². The molecule has 36 heavy (non-hydrogen) atoms. The van der Waals surface area contributed by atoms with E-state index in [1.807, 2.05) is 11.2 Å². The molecule has 1 fully saturated rings. The lowest BCUT2D eigenvalue weighted by molar-refractivity contribution is 0.0145. The Labute approximate surface area is 219 Å².